The van der Waals surface area contributed by atoms with E-state index in [4.69, 9.17) is 10.2 Å². The first-order chi connectivity index (χ1) is 7.20. The first-order valence-electron chi connectivity index (χ1n) is 4.51. The summed E-state index contributed by atoms with van der Waals surface area (Å²) in [7, 11) is 0. The lowest BCUT2D eigenvalue weighted by atomic mass is 10.1. The highest BCUT2D eigenvalue weighted by Crippen LogP contribution is 2.18. The summed E-state index contributed by atoms with van der Waals surface area (Å²) < 4.78 is 4.81. The Hall–Kier alpha value is -2.11. The predicted molar refractivity (Wildman–Crippen MR) is 54.1 cm³/mol. The van der Waals surface area contributed by atoms with Gasteiger partial charge in [0, 0.05) is 6.20 Å². The summed E-state index contributed by atoms with van der Waals surface area (Å²) in [4.78, 5) is 14.8. The van der Waals surface area contributed by atoms with Crippen molar-refractivity contribution in [3.8, 4) is 11.5 Å². The van der Waals surface area contributed by atoms with Gasteiger partial charge in [-0.25, -0.2) is 14.9 Å². The number of nitrogen functional groups attached to an aromatic ring is 1. The molecule has 0 atom stereocenters. The van der Waals surface area contributed by atoms with E-state index in [-0.39, 0.29) is 5.89 Å². The van der Waals surface area contributed by atoms with E-state index in [1.807, 2.05) is 6.92 Å². The van der Waals surface area contributed by atoms with Crippen molar-refractivity contribution in [1.29, 1.82) is 0 Å². The summed E-state index contributed by atoms with van der Waals surface area (Å²) in [6.45, 7) is 1.97. The van der Waals surface area contributed by atoms with Crippen LogP contribution in [0.2, 0.25) is 0 Å². The first kappa shape index (κ1) is 9.45. The maximum atomic E-state index is 10.8. The molecule has 0 radical (unpaired) electrons. The lowest BCUT2D eigenvalue weighted by Gasteiger charge is -2.02. The number of nitrogens with one attached hydrogen (secondary N) is 1. The average molecular weight is 206 g/mol. The number of hydrogen-bond acceptors (Lipinski definition) is 5. The third-order valence-corrected chi connectivity index (χ3v) is 2.07. The van der Waals surface area contributed by atoms with E-state index in [1.54, 1.807) is 6.07 Å². The minimum absolute atomic E-state index is 0.224. The van der Waals surface area contributed by atoms with Crippen LogP contribution in [0.3, 0.4) is 0 Å². The topological polar surface area (TPSA) is 97.8 Å². The van der Waals surface area contributed by atoms with Crippen LogP contribution in [0.15, 0.2) is 21.5 Å². The number of aryl methyl sites for hydroxylation is 1. The number of anilines is 1. The standard InChI is InChI=1S/C9H10N4O2/c1-2-5-3-6(4-11-7(5)10)8-12-13-9(14)15-8/h3-4H,2H2,1H3,(H2,10,11)(H,13,14). The summed E-state index contributed by atoms with van der Waals surface area (Å²) >= 11 is 0. The highest BCUT2D eigenvalue weighted by Gasteiger charge is 2.07. The molecule has 3 N–H and O–H groups in total. The van der Waals surface area contributed by atoms with Crippen molar-refractivity contribution in [3.63, 3.8) is 0 Å². The molecule has 0 aromatic carbocycles. The zero-order chi connectivity index (χ0) is 10.8. The van der Waals surface area contributed by atoms with Gasteiger partial charge < -0.3 is 10.2 Å². The Morgan fingerprint density at radius 2 is 2.40 bits per heavy atom. The van der Waals surface area contributed by atoms with Crippen LogP contribution in [0.4, 0.5) is 5.82 Å². The van der Waals surface area contributed by atoms with Crippen LogP contribution in [0.5, 0.6) is 0 Å². The second-order valence-electron chi connectivity index (χ2n) is 3.04. The van der Waals surface area contributed by atoms with Gasteiger partial charge in [0.25, 0.3) is 5.89 Å². The molecule has 2 heterocycles. The van der Waals surface area contributed by atoms with E-state index in [2.05, 4.69) is 15.2 Å². The zero-order valence-electron chi connectivity index (χ0n) is 8.15. The van der Waals surface area contributed by atoms with Gasteiger partial charge in [-0.2, -0.15) is 0 Å². The lowest BCUT2D eigenvalue weighted by molar-refractivity contribution is 0.526. The monoisotopic (exact) mass is 206 g/mol. The molecule has 0 aliphatic rings. The van der Waals surface area contributed by atoms with Gasteiger partial charge in [-0.15, -0.1) is 5.10 Å². The van der Waals surface area contributed by atoms with E-state index in [9.17, 15) is 4.79 Å². The molecule has 2 rings (SSSR count). The molecule has 0 saturated heterocycles. The molecule has 0 amide bonds. The molecule has 0 unspecified atom stereocenters. The maximum Gasteiger partial charge on any atom is 0.434 e. The van der Waals surface area contributed by atoms with Gasteiger partial charge in [0.1, 0.15) is 5.82 Å². The Morgan fingerprint density at radius 3 is 3.00 bits per heavy atom. The van der Waals surface area contributed by atoms with Crippen LogP contribution in [0.25, 0.3) is 11.5 Å². The molecule has 0 aliphatic carbocycles. The number of nitrogens with two attached hydrogens (primary N) is 1. The third kappa shape index (κ3) is 1.74. The minimum atomic E-state index is -0.583. The Bertz CT molecular complexity index is 529. The van der Waals surface area contributed by atoms with Crippen molar-refractivity contribution in [3.05, 3.63) is 28.4 Å². The molecular formula is C9H10N4O2. The number of rotatable bonds is 2. The van der Waals surface area contributed by atoms with Crippen molar-refractivity contribution in [1.82, 2.24) is 15.2 Å². The van der Waals surface area contributed by atoms with Crippen LogP contribution < -0.4 is 11.5 Å². The fourth-order valence-electron chi connectivity index (χ4n) is 1.27. The normalized spacial score (nSPS) is 10.5. The Morgan fingerprint density at radius 1 is 1.60 bits per heavy atom. The summed E-state index contributed by atoms with van der Waals surface area (Å²) in [5.74, 6) is 0.126. The number of nitrogens with zero attached hydrogens (tertiary/aromatic N) is 2. The van der Waals surface area contributed by atoms with Crippen molar-refractivity contribution in [2.45, 2.75) is 13.3 Å². The van der Waals surface area contributed by atoms with Crippen LogP contribution >= 0.6 is 0 Å². The number of aromatic amines is 1. The van der Waals surface area contributed by atoms with Crippen LogP contribution in [-0.2, 0) is 6.42 Å². The van der Waals surface area contributed by atoms with Crippen molar-refractivity contribution in [2.24, 2.45) is 0 Å². The number of hydrogen-bond donors (Lipinski definition) is 2. The van der Waals surface area contributed by atoms with Crippen molar-refractivity contribution in [2.75, 3.05) is 5.73 Å². The summed E-state index contributed by atoms with van der Waals surface area (Å²) in [6, 6.07) is 1.81. The molecule has 0 spiro atoms. The maximum absolute atomic E-state index is 10.8. The van der Waals surface area contributed by atoms with E-state index < -0.39 is 5.76 Å². The van der Waals surface area contributed by atoms with E-state index in [0.29, 0.717) is 11.4 Å². The quantitative estimate of drug-likeness (QED) is 0.748. The van der Waals surface area contributed by atoms with E-state index in [1.165, 1.54) is 6.20 Å². The highest BCUT2D eigenvalue weighted by atomic mass is 16.4. The van der Waals surface area contributed by atoms with E-state index in [0.717, 1.165) is 12.0 Å². The molecule has 0 aliphatic heterocycles. The lowest BCUT2D eigenvalue weighted by Crippen LogP contribution is -1.97. The minimum Gasteiger partial charge on any atom is -0.388 e. The third-order valence-electron chi connectivity index (χ3n) is 2.07. The second-order valence-corrected chi connectivity index (χ2v) is 3.04. The molecular weight excluding hydrogens is 196 g/mol. The van der Waals surface area contributed by atoms with Crippen LogP contribution in [0, 0.1) is 0 Å². The molecule has 2 aromatic rings. The molecule has 78 valence electrons. The summed E-state index contributed by atoms with van der Waals surface area (Å²) in [5.41, 5.74) is 7.19. The highest BCUT2D eigenvalue weighted by molar-refractivity contribution is 5.56. The Balaban J connectivity index is 2.50. The molecule has 0 saturated carbocycles. The van der Waals surface area contributed by atoms with Crippen LogP contribution in [0.1, 0.15) is 12.5 Å². The first-order valence-corrected chi connectivity index (χ1v) is 4.51. The fraction of sp³-hybridized carbons (Fsp3) is 0.222. The van der Waals surface area contributed by atoms with Gasteiger partial charge in [0.15, 0.2) is 0 Å². The zero-order valence-corrected chi connectivity index (χ0v) is 8.15. The van der Waals surface area contributed by atoms with Crippen LogP contribution in [-0.4, -0.2) is 15.2 Å². The number of H-pyrrole nitrogens is 1. The van der Waals surface area contributed by atoms with Gasteiger partial charge in [-0.3, -0.25) is 0 Å². The largest absolute Gasteiger partial charge is 0.434 e. The predicted octanol–water partition coefficient (Wildman–Crippen LogP) is 0.569. The number of aromatic nitrogens is 3. The molecule has 15 heavy (non-hydrogen) atoms. The fourth-order valence-corrected chi connectivity index (χ4v) is 1.27. The second kappa shape index (κ2) is 3.56. The molecule has 0 fully saturated rings. The Kier molecular flexibility index (Phi) is 2.24. The molecule has 6 nitrogen and oxygen atoms in total. The van der Waals surface area contributed by atoms with Gasteiger partial charge in [-0.05, 0) is 18.1 Å². The molecule has 6 heteroatoms. The van der Waals surface area contributed by atoms with Gasteiger partial charge in [0.05, 0.1) is 5.56 Å². The summed E-state index contributed by atoms with van der Waals surface area (Å²) in [6.07, 6.45) is 2.29. The van der Waals surface area contributed by atoms with Gasteiger partial charge >= 0.3 is 5.76 Å². The SMILES string of the molecule is CCc1cc(-c2n[nH]c(=O)o2)cnc1N. The van der Waals surface area contributed by atoms with E-state index >= 15 is 0 Å². The smallest absolute Gasteiger partial charge is 0.388 e. The summed E-state index contributed by atoms with van der Waals surface area (Å²) in [5, 5.41) is 5.89. The Labute approximate surface area is 85.1 Å². The van der Waals surface area contributed by atoms with Gasteiger partial charge in [0.2, 0.25) is 0 Å². The molecule has 0 bridgehead atoms. The molecule has 2 aromatic heterocycles. The number of pyridine rings is 1. The van der Waals surface area contributed by atoms with Crippen molar-refractivity contribution < 1.29 is 4.42 Å². The average Bonchev–Trinajstić information content (AvgIpc) is 2.66. The van der Waals surface area contributed by atoms with Gasteiger partial charge in [-0.1, -0.05) is 6.92 Å². The van der Waals surface area contributed by atoms with Crippen molar-refractivity contribution >= 4 is 5.82 Å².